The zero-order valence-corrected chi connectivity index (χ0v) is 16.1. The number of nitrogens with one attached hydrogen (secondary N) is 2. The maximum atomic E-state index is 12.0. The molecule has 2 aromatic carbocycles. The molecule has 0 radical (unpaired) electrons. The molecule has 0 spiro atoms. The maximum absolute atomic E-state index is 12.0. The van der Waals surface area contributed by atoms with Gasteiger partial charge in [-0.25, -0.2) is 9.78 Å². The lowest BCUT2D eigenvalue weighted by molar-refractivity contribution is -0.147. The van der Waals surface area contributed by atoms with Crippen molar-refractivity contribution in [1.29, 1.82) is 0 Å². The van der Waals surface area contributed by atoms with Crippen molar-refractivity contribution in [2.24, 2.45) is 0 Å². The van der Waals surface area contributed by atoms with Crippen LogP contribution in [0.1, 0.15) is 22.6 Å². The molecule has 3 rings (SSSR count). The standard InChI is InChI=1S/C21H19N3O6/c1-29-21(28)14-7-3-5-9-16(14)23-18(25)12-30-19(26)11-10-17-22-15-8-4-2-6-13(15)20(27)24-17/h2-9H,10-12H2,1H3,(H,23,25)(H,22,24,27). The minimum absolute atomic E-state index is 0.0622. The van der Waals surface area contributed by atoms with E-state index < -0.39 is 24.5 Å². The molecule has 0 fully saturated rings. The van der Waals surface area contributed by atoms with Gasteiger partial charge in [0.2, 0.25) is 0 Å². The highest BCUT2D eigenvalue weighted by Crippen LogP contribution is 2.16. The molecule has 3 aromatic rings. The lowest BCUT2D eigenvalue weighted by atomic mass is 10.2. The van der Waals surface area contributed by atoms with Crippen LogP contribution in [0.4, 0.5) is 5.69 Å². The maximum Gasteiger partial charge on any atom is 0.339 e. The molecule has 9 nitrogen and oxygen atoms in total. The Kier molecular flexibility index (Phi) is 6.53. The summed E-state index contributed by atoms with van der Waals surface area (Å²) in [6.07, 6.45) is 0.0962. The van der Waals surface area contributed by atoms with Gasteiger partial charge in [-0.2, -0.15) is 0 Å². The molecular weight excluding hydrogens is 390 g/mol. The van der Waals surface area contributed by atoms with Gasteiger partial charge in [0.15, 0.2) is 6.61 Å². The number of methoxy groups -OCH3 is 1. The van der Waals surface area contributed by atoms with Crippen LogP contribution in [-0.2, 0) is 25.5 Å². The van der Waals surface area contributed by atoms with Crippen LogP contribution in [-0.4, -0.2) is 41.5 Å². The van der Waals surface area contributed by atoms with E-state index in [4.69, 9.17) is 4.74 Å². The number of aromatic amines is 1. The number of H-pyrrole nitrogens is 1. The molecule has 0 atom stereocenters. The third-order valence-corrected chi connectivity index (χ3v) is 4.20. The molecule has 154 valence electrons. The van der Waals surface area contributed by atoms with E-state index in [-0.39, 0.29) is 29.7 Å². The molecule has 0 aliphatic rings. The number of carbonyl (C=O) groups excluding carboxylic acids is 3. The third kappa shape index (κ3) is 5.07. The average molecular weight is 409 g/mol. The second-order valence-corrected chi connectivity index (χ2v) is 6.28. The molecule has 0 saturated carbocycles. The van der Waals surface area contributed by atoms with E-state index in [2.05, 4.69) is 20.0 Å². The van der Waals surface area contributed by atoms with E-state index >= 15 is 0 Å². The number of benzene rings is 2. The Morgan fingerprint density at radius 1 is 1.07 bits per heavy atom. The van der Waals surface area contributed by atoms with E-state index in [1.54, 1.807) is 36.4 Å². The van der Waals surface area contributed by atoms with Gasteiger partial charge in [0.05, 0.1) is 35.7 Å². The van der Waals surface area contributed by atoms with Crippen LogP contribution in [0.25, 0.3) is 10.9 Å². The van der Waals surface area contributed by atoms with Gasteiger partial charge >= 0.3 is 11.9 Å². The summed E-state index contributed by atoms with van der Waals surface area (Å²) in [7, 11) is 1.24. The van der Waals surface area contributed by atoms with Crippen molar-refractivity contribution in [3.63, 3.8) is 0 Å². The van der Waals surface area contributed by atoms with Crippen molar-refractivity contribution in [1.82, 2.24) is 9.97 Å². The minimum Gasteiger partial charge on any atom is -0.465 e. The van der Waals surface area contributed by atoms with E-state index in [9.17, 15) is 19.2 Å². The van der Waals surface area contributed by atoms with Crippen molar-refractivity contribution in [2.45, 2.75) is 12.8 Å². The molecule has 0 aliphatic carbocycles. The number of esters is 2. The van der Waals surface area contributed by atoms with Crippen molar-refractivity contribution in [3.05, 3.63) is 70.3 Å². The summed E-state index contributed by atoms with van der Waals surface area (Å²) in [5.74, 6) is -1.47. The van der Waals surface area contributed by atoms with Crippen LogP contribution in [0.2, 0.25) is 0 Å². The number of amides is 1. The molecule has 0 bridgehead atoms. The summed E-state index contributed by atoms with van der Waals surface area (Å²) in [4.78, 5) is 54.7. The van der Waals surface area contributed by atoms with Crippen LogP contribution in [0.5, 0.6) is 0 Å². The fraction of sp³-hybridized carbons (Fsp3) is 0.190. The quantitative estimate of drug-likeness (QED) is 0.570. The topological polar surface area (TPSA) is 127 Å². The average Bonchev–Trinajstić information content (AvgIpc) is 2.76. The van der Waals surface area contributed by atoms with Gasteiger partial charge in [0, 0.05) is 6.42 Å². The van der Waals surface area contributed by atoms with Crippen molar-refractivity contribution < 1.29 is 23.9 Å². The molecule has 9 heteroatoms. The predicted octanol–water partition coefficient (Wildman–Crippen LogP) is 1.82. The number of carbonyl (C=O) groups is 3. The van der Waals surface area contributed by atoms with E-state index in [0.717, 1.165) is 0 Å². The van der Waals surface area contributed by atoms with Crippen molar-refractivity contribution >= 4 is 34.4 Å². The van der Waals surface area contributed by atoms with E-state index in [1.807, 2.05) is 0 Å². The summed E-state index contributed by atoms with van der Waals surface area (Å²) in [6, 6.07) is 13.2. The number of aryl methyl sites for hydroxylation is 1. The first-order chi connectivity index (χ1) is 14.5. The number of hydrogen-bond donors (Lipinski definition) is 2. The van der Waals surface area contributed by atoms with Crippen LogP contribution < -0.4 is 10.9 Å². The SMILES string of the molecule is COC(=O)c1ccccc1NC(=O)COC(=O)CCc1nc2ccccc2c(=O)[nH]1. The number of hydrogen-bond acceptors (Lipinski definition) is 7. The van der Waals surface area contributed by atoms with Crippen molar-refractivity contribution in [2.75, 3.05) is 19.0 Å². The third-order valence-electron chi connectivity index (χ3n) is 4.20. The van der Waals surface area contributed by atoms with E-state index in [1.165, 1.54) is 19.2 Å². The number of aromatic nitrogens is 2. The largest absolute Gasteiger partial charge is 0.465 e. The van der Waals surface area contributed by atoms with Crippen LogP contribution >= 0.6 is 0 Å². The Morgan fingerprint density at radius 2 is 1.80 bits per heavy atom. The molecule has 1 amide bonds. The molecule has 1 heterocycles. The molecule has 1 aromatic heterocycles. The Labute approximate surface area is 171 Å². The fourth-order valence-electron chi connectivity index (χ4n) is 2.76. The summed E-state index contributed by atoms with van der Waals surface area (Å²) in [6.45, 7) is -0.518. The van der Waals surface area contributed by atoms with Gasteiger partial charge in [0.25, 0.3) is 11.5 Å². The van der Waals surface area contributed by atoms with E-state index in [0.29, 0.717) is 16.7 Å². The predicted molar refractivity (Wildman–Crippen MR) is 108 cm³/mol. The second kappa shape index (κ2) is 9.46. The number of nitrogens with zero attached hydrogens (tertiary/aromatic N) is 1. The zero-order chi connectivity index (χ0) is 21.5. The molecular formula is C21H19N3O6. The fourth-order valence-corrected chi connectivity index (χ4v) is 2.76. The van der Waals surface area contributed by atoms with Crippen LogP contribution in [0, 0.1) is 0 Å². The van der Waals surface area contributed by atoms with Gasteiger partial charge in [0.1, 0.15) is 5.82 Å². The number of anilines is 1. The first-order valence-electron chi connectivity index (χ1n) is 9.08. The lowest BCUT2D eigenvalue weighted by Crippen LogP contribution is -2.22. The summed E-state index contributed by atoms with van der Waals surface area (Å²) < 4.78 is 9.61. The Morgan fingerprint density at radius 3 is 2.60 bits per heavy atom. The van der Waals surface area contributed by atoms with Crippen LogP contribution in [0.15, 0.2) is 53.3 Å². The molecule has 0 unspecified atom stereocenters. The number of para-hydroxylation sites is 2. The van der Waals surface area contributed by atoms with Gasteiger partial charge < -0.3 is 19.8 Å². The van der Waals surface area contributed by atoms with Gasteiger partial charge in [-0.05, 0) is 24.3 Å². The summed E-state index contributed by atoms with van der Waals surface area (Å²) in [5, 5.41) is 2.97. The minimum atomic E-state index is -0.623. The smallest absolute Gasteiger partial charge is 0.339 e. The molecule has 0 saturated heterocycles. The number of ether oxygens (including phenoxy) is 2. The van der Waals surface area contributed by atoms with Gasteiger partial charge in [-0.3, -0.25) is 14.4 Å². The Balaban J connectivity index is 1.52. The molecule has 2 N–H and O–H groups in total. The monoisotopic (exact) mass is 409 g/mol. The molecule has 0 aliphatic heterocycles. The Hall–Kier alpha value is -4.01. The highest BCUT2D eigenvalue weighted by Gasteiger charge is 2.15. The normalized spacial score (nSPS) is 10.4. The summed E-state index contributed by atoms with van der Waals surface area (Å²) >= 11 is 0. The molecule has 30 heavy (non-hydrogen) atoms. The highest BCUT2D eigenvalue weighted by atomic mass is 16.5. The van der Waals surface area contributed by atoms with Crippen molar-refractivity contribution in [3.8, 4) is 0 Å². The summed E-state index contributed by atoms with van der Waals surface area (Å²) in [5.41, 5.74) is 0.690. The zero-order valence-electron chi connectivity index (χ0n) is 16.1. The van der Waals surface area contributed by atoms with Crippen LogP contribution in [0.3, 0.4) is 0 Å². The number of rotatable bonds is 7. The first-order valence-corrected chi connectivity index (χ1v) is 9.08. The number of fused-ring (bicyclic) bond motifs is 1. The Bertz CT molecular complexity index is 1150. The van der Waals surface area contributed by atoms with Gasteiger partial charge in [-0.1, -0.05) is 24.3 Å². The second-order valence-electron chi connectivity index (χ2n) is 6.28. The van der Waals surface area contributed by atoms with Gasteiger partial charge in [-0.15, -0.1) is 0 Å². The lowest BCUT2D eigenvalue weighted by Gasteiger charge is -2.10. The highest BCUT2D eigenvalue weighted by molar-refractivity contribution is 6.01. The first kappa shape index (κ1) is 20.7.